The molecule has 110 valence electrons. The monoisotopic (exact) mass is 283 g/mol. The molecule has 0 aliphatic rings. The van der Waals surface area contributed by atoms with E-state index in [1.807, 2.05) is 42.5 Å². The Morgan fingerprint density at radius 3 is 2.71 bits per heavy atom. The number of allylic oxidation sites excluding steroid dienone is 2. The van der Waals surface area contributed by atoms with E-state index in [0.717, 1.165) is 29.3 Å². The molecule has 2 aromatic rings. The first-order valence-electron chi connectivity index (χ1n) is 7.22. The lowest BCUT2D eigenvalue weighted by Gasteiger charge is -2.09. The van der Waals surface area contributed by atoms with Crippen LogP contribution in [0.5, 0.6) is 0 Å². The number of ether oxygens (including phenoxy) is 1. The summed E-state index contributed by atoms with van der Waals surface area (Å²) in [5, 5.41) is 4.92. The zero-order valence-corrected chi connectivity index (χ0v) is 12.6. The van der Waals surface area contributed by atoms with Gasteiger partial charge in [-0.25, -0.2) is 4.79 Å². The second-order valence-electron chi connectivity index (χ2n) is 5.21. The highest BCUT2D eigenvalue weighted by atomic mass is 16.5. The molecule has 1 amide bonds. The SMILES string of the molecule is CC(C)=CCCCOC(=O)Nc1cccc2ccccc12. The number of carbonyl (C=O) groups excluding carboxylic acids is 1. The van der Waals surface area contributed by atoms with Crippen molar-refractivity contribution in [2.24, 2.45) is 0 Å². The largest absolute Gasteiger partial charge is 0.449 e. The molecule has 21 heavy (non-hydrogen) atoms. The molecule has 0 unspecified atom stereocenters. The van der Waals surface area contributed by atoms with Gasteiger partial charge in [0.2, 0.25) is 0 Å². The highest BCUT2D eigenvalue weighted by molar-refractivity contribution is 6.00. The van der Waals surface area contributed by atoms with Gasteiger partial charge >= 0.3 is 6.09 Å². The second-order valence-corrected chi connectivity index (χ2v) is 5.21. The molecule has 0 aliphatic carbocycles. The molecule has 1 N–H and O–H groups in total. The Hall–Kier alpha value is -2.29. The number of anilines is 1. The molecular weight excluding hydrogens is 262 g/mol. The topological polar surface area (TPSA) is 38.3 Å². The van der Waals surface area contributed by atoms with Gasteiger partial charge in [-0.05, 0) is 38.1 Å². The Kier molecular flexibility index (Phi) is 5.38. The summed E-state index contributed by atoms with van der Waals surface area (Å²) in [7, 11) is 0. The normalized spacial score (nSPS) is 10.2. The van der Waals surface area contributed by atoms with Gasteiger partial charge in [-0.1, -0.05) is 48.0 Å². The van der Waals surface area contributed by atoms with Crippen molar-refractivity contribution < 1.29 is 9.53 Å². The van der Waals surface area contributed by atoms with E-state index in [1.54, 1.807) is 0 Å². The number of benzene rings is 2. The summed E-state index contributed by atoms with van der Waals surface area (Å²) in [6, 6.07) is 13.8. The van der Waals surface area contributed by atoms with Crippen LogP contribution in [-0.4, -0.2) is 12.7 Å². The van der Waals surface area contributed by atoms with E-state index in [4.69, 9.17) is 4.74 Å². The number of hydrogen-bond acceptors (Lipinski definition) is 2. The number of rotatable bonds is 5. The van der Waals surface area contributed by atoms with Crippen molar-refractivity contribution in [1.82, 2.24) is 0 Å². The van der Waals surface area contributed by atoms with Gasteiger partial charge in [-0.3, -0.25) is 5.32 Å². The Morgan fingerprint density at radius 2 is 1.90 bits per heavy atom. The highest BCUT2D eigenvalue weighted by Gasteiger charge is 2.05. The van der Waals surface area contributed by atoms with Gasteiger partial charge in [0, 0.05) is 5.39 Å². The fourth-order valence-corrected chi connectivity index (χ4v) is 2.12. The van der Waals surface area contributed by atoms with E-state index in [9.17, 15) is 4.79 Å². The lowest BCUT2D eigenvalue weighted by Crippen LogP contribution is -2.14. The minimum absolute atomic E-state index is 0.399. The van der Waals surface area contributed by atoms with Crippen LogP contribution in [0.2, 0.25) is 0 Å². The summed E-state index contributed by atoms with van der Waals surface area (Å²) in [4.78, 5) is 11.8. The number of hydrogen-bond donors (Lipinski definition) is 1. The van der Waals surface area contributed by atoms with Gasteiger partial charge in [-0.2, -0.15) is 0 Å². The van der Waals surface area contributed by atoms with Gasteiger partial charge in [-0.15, -0.1) is 0 Å². The number of nitrogens with one attached hydrogen (secondary N) is 1. The van der Waals surface area contributed by atoms with Crippen molar-refractivity contribution in [3.8, 4) is 0 Å². The molecular formula is C18H21NO2. The number of amides is 1. The van der Waals surface area contributed by atoms with Crippen LogP contribution in [0.15, 0.2) is 54.1 Å². The van der Waals surface area contributed by atoms with Crippen LogP contribution in [0, 0.1) is 0 Å². The molecule has 0 saturated heterocycles. The Morgan fingerprint density at radius 1 is 1.14 bits per heavy atom. The van der Waals surface area contributed by atoms with E-state index >= 15 is 0 Å². The van der Waals surface area contributed by atoms with E-state index in [0.29, 0.717) is 6.61 Å². The van der Waals surface area contributed by atoms with Crippen molar-refractivity contribution in [3.05, 3.63) is 54.1 Å². The summed E-state index contributed by atoms with van der Waals surface area (Å²) in [6.07, 6.45) is 3.52. The van der Waals surface area contributed by atoms with Crippen molar-refractivity contribution in [1.29, 1.82) is 0 Å². The number of carbonyl (C=O) groups is 1. The van der Waals surface area contributed by atoms with Crippen LogP contribution in [0.1, 0.15) is 26.7 Å². The van der Waals surface area contributed by atoms with Crippen molar-refractivity contribution >= 4 is 22.6 Å². The Labute approximate surface area is 125 Å². The van der Waals surface area contributed by atoms with Gasteiger partial charge in [0.05, 0.1) is 12.3 Å². The van der Waals surface area contributed by atoms with Gasteiger partial charge in [0.15, 0.2) is 0 Å². The summed E-state index contributed by atoms with van der Waals surface area (Å²) in [5.41, 5.74) is 2.07. The Bertz CT molecular complexity index is 637. The third-order valence-electron chi connectivity index (χ3n) is 3.16. The zero-order valence-electron chi connectivity index (χ0n) is 12.6. The van der Waals surface area contributed by atoms with Gasteiger partial charge in [0.25, 0.3) is 0 Å². The molecule has 0 atom stereocenters. The second kappa shape index (κ2) is 7.48. The lowest BCUT2D eigenvalue weighted by atomic mass is 10.1. The molecule has 0 radical (unpaired) electrons. The molecule has 2 aromatic carbocycles. The minimum atomic E-state index is -0.399. The molecule has 0 aromatic heterocycles. The molecule has 0 saturated carbocycles. The fraction of sp³-hybridized carbons (Fsp3) is 0.278. The first-order valence-corrected chi connectivity index (χ1v) is 7.22. The van der Waals surface area contributed by atoms with Gasteiger partial charge in [0.1, 0.15) is 0 Å². The van der Waals surface area contributed by atoms with E-state index in [1.165, 1.54) is 5.57 Å². The molecule has 0 heterocycles. The smallest absolute Gasteiger partial charge is 0.411 e. The van der Waals surface area contributed by atoms with E-state index < -0.39 is 6.09 Å². The molecule has 0 aliphatic heterocycles. The molecule has 0 spiro atoms. The number of fused-ring (bicyclic) bond motifs is 1. The Balaban J connectivity index is 1.88. The predicted molar refractivity (Wildman–Crippen MR) is 87.6 cm³/mol. The van der Waals surface area contributed by atoms with Gasteiger partial charge < -0.3 is 4.74 Å². The van der Waals surface area contributed by atoms with Crippen LogP contribution >= 0.6 is 0 Å². The minimum Gasteiger partial charge on any atom is -0.449 e. The summed E-state index contributed by atoms with van der Waals surface area (Å²) in [5.74, 6) is 0. The van der Waals surface area contributed by atoms with Crippen molar-refractivity contribution in [2.75, 3.05) is 11.9 Å². The first kappa shape index (κ1) is 15.1. The van der Waals surface area contributed by atoms with Crippen LogP contribution < -0.4 is 5.32 Å². The summed E-state index contributed by atoms with van der Waals surface area (Å²) >= 11 is 0. The van der Waals surface area contributed by atoms with Crippen molar-refractivity contribution in [2.45, 2.75) is 26.7 Å². The van der Waals surface area contributed by atoms with Crippen LogP contribution in [0.25, 0.3) is 10.8 Å². The highest BCUT2D eigenvalue weighted by Crippen LogP contribution is 2.22. The maximum absolute atomic E-state index is 11.8. The van der Waals surface area contributed by atoms with Crippen LogP contribution in [0.3, 0.4) is 0 Å². The molecule has 0 fully saturated rings. The van der Waals surface area contributed by atoms with Crippen LogP contribution in [0.4, 0.5) is 10.5 Å². The van der Waals surface area contributed by atoms with Crippen LogP contribution in [-0.2, 0) is 4.74 Å². The lowest BCUT2D eigenvalue weighted by molar-refractivity contribution is 0.160. The predicted octanol–water partition coefficient (Wildman–Crippen LogP) is 5.13. The van der Waals surface area contributed by atoms with E-state index in [-0.39, 0.29) is 0 Å². The standard InChI is InChI=1S/C18H21NO2/c1-14(2)8-5-6-13-21-18(20)19-17-12-7-10-15-9-3-4-11-16(15)17/h3-4,7-12H,5-6,13H2,1-2H3,(H,19,20). The van der Waals surface area contributed by atoms with E-state index in [2.05, 4.69) is 25.2 Å². The molecule has 3 heteroatoms. The maximum atomic E-state index is 11.8. The average Bonchev–Trinajstić information content (AvgIpc) is 2.47. The maximum Gasteiger partial charge on any atom is 0.411 e. The van der Waals surface area contributed by atoms with Crippen molar-refractivity contribution in [3.63, 3.8) is 0 Å². The number of unbranched alkanes of at least 4 members (excludes halogenated alkanes) is 1. The first-order chi connectivity index (χ1) is 10.2. The summed E-state index contributed by atoms with van der Waals surface area (Å²) < 4.78 is 5.20. The third-order valence-corrected chi connectivity index (χ3v) is 3.16. The molecule has 0 bridgehead atoms. The molecule has 3 nitrogen and oxygen atoms in total. The third kappa shape index (κ3) is 4.63. The average molecular weight is 283 g/mol. The summed E-state index contributed by atoms with van der Waals surface area (Å²) in [6.45, 7) is 4.56. The fourth-order valence-electron chi connectivity index (χ4n) is 2.12. The quantitative estimate of drug-likeness (QED) is 0.610. The zero-order chi connectivity index (χ0) is 15.1. The molecule has 2 rings (SSSR count).